The summed E-state index contributed by atoms with van der Waals surface area (Å²) < 4.78 is 13.2. The molecule has 0 saturated heterocycles. The van der Waals surface area contributed by atoms with Crippen molar-refractivity contribution in [3.05, 3.63) is 65.2 Å². The fourth-order valence-corrected chi connectivity index (χ4v) is 2.59. The van der Waals surface area contributed by atoms with Crippen molar-refractivity contribution in [2.24, 2.45) is 4.99 Å². The molecule has 4 rings (SSSR count). The molecule has 3 aromatic rings. The van der Waals surface area contributed by atoms with Gasteiger partial charge in [-0.3, -0.25) is 0 Å². The lowest BCUT2D eigenvalue weighted by atomic mass is 10.1. The minimum Gasteiger partial charge on any atom is -0.492 e. The third-order valence-electron chi connectivity index (χ3n) is 3.78. The van der Waals surface area contributed by atoms with E-state index in [4.69, 9.17) is 0 Å². The van der Waals surface area contributed by atoms with Crippen molar-refractivity contribution in [2.75, 3.05) is 5.32 Å². The maximum Gasteiger partial charge on any atom is 0.238 e. The van der Waals surface area contributed by atoms with Crippen molar-refractivity contribution in [3.63, 3.8) is 0 Å². The molecule has 6 nitrogen and oxygen atoms in total. The largest absolute Gasteiger partial charge is 0.492 e. The van der Waals surface area contributed by atoms with E-state index in [1.807, 2.05) is 12.1 Å². The van der Waals surface area contributed by atoms with E-state index < -0.39 is 0 Å². The van der Waals surface area contributed by atoms with Gasteiger partial charge in [0.05, 0.1) is 0 Å². The van der Waals surface area contributed by atoms with Gasteiger partial charge in [0.1, 0.15) is 11.5 Å². The number of aromatic nitrogens is 3. The number of imidazole rings is 1. The first kappa shape index (κ1) is 15.1. The molecule has 0 atom stereocenters. The van der Waals surface area contributed by atoms with Gasteiger partial charge in [-0.1, -0.05) is 12.1 Å². The SMILES string of the molecule is Oc1nc(NCc2cccc(F)c2)[nH]c1/C=C1\C=Nc2ncccc21. The Morgan fingerprint density at radius 3 is 3.04 bits per heavy atom. The van der Waals surface area contributed by atoms with Gasteiger partial charge >= 0.3 is 0 Å². The van der Waals surface area contributed by atoms with Crippen LogP contribution in [0.15, 0.2) is 47.6 Å². The van der Waals surface area contributed by atoms with Gasteiger partial charge in [0.15, 0.2) is 5.82 Å². The van der Waals surface area contributed by atoms with Crippen LogP contribution in [0.25, 0.3) is 11.6 Å². The van der Waals surface area contributed by atoms with Crippen LogP contribution in [0, 0.1) is 5.82 Å². The second-order valence-electron chi connectivity index (χ2n) is 5.54. The summed E-state index contributed by atoms with van der Waals surface area (Å²) in [5, 5.41) is 13.1. The van der Waals surface area contributed by atoms with Crippen molar-refractivity contribution in [2.45, 2.75) is 6.54 Å². The molecular formula is C18H14FN5O. The molecule has 0 bridgehead atoms. The highest BCUT2D eigenvalue weighted by molar-refractivity contribution is 6.20. The summed E-state index contributed by atoms with van der Waals surface area (Å²) >= 11 is 0. The van der Waals surface area contributed by atoms with E-state index in [2.05, 4.69) is 25.3 Å². The predicted octanol–water partition coefficient (Wildman–Crippen LogP) is 3.52. The Balaban J connectivity index is 1.53. The molecule has 2 aromatic heterocycles. The molecule has 1 aliphatic rings. The number of aromatic hydroxyl groups is 1. The molecule has 7 heteroatoms. The van der Waals surface area contributed by atoms with Crippen LogP contribution in [0.5, 0.6) is 5.88 Å². The van der Waals surface area contributed by atoms with Crippen LogP contribution in [-0.4, -0.2) is 26.3 Å². The molecule has 0 fully saturated rings. The number of fused-ring (bicyclic) bond motifs is 1. The van der Waals surface area contributed by atoms with E-state index in [1.54, 1.807) is 30.6 Å². The lowest BCUT2D eigenvalue weighted by molar-refractivity contribution is 0.455. The fourth-order valence-electron chi connectivity index (χ4n) is 2.59. The minimum atomic E-state index is -0.292. The van der Waals surface area contributed by atoms with Gasteiger partial charge in [0, 0.05) is 30.1 Å². The molecule has 25 heavy (non-hydrogen) atoms. The second kappa shape index (κ2) is 6.20. The maximum atomic E-state index is 13.2. The predicted molar refractivity (Wildman–Crippen MR) is 94.2 cm³/mol. The molecule has 0 radical (unpaired) electrons. The minimum absolute atomic E-state index is 0.125. The monoisotopic (exact) mass is 335 g/mol. The van der Waals surface area contributed by atoms with Crippen molar-refractivity contribution in [3.8, 4) is 5.88 Å². The number of nitrogens with one attached hydrogen (secondary N) is 2. The second-order valence-corrected chi connectivity index (χ2v) is 5.54. The number of H-pyrrole nitrogens is 1. The Labute approximate surface area is 142 Å². The summed E-state index contributed by atoms with van der Waals surface area (Å²) in [5.74, 6) is 0.631. The zero-order valence-corrected chi connectivity index (χ0v) is 13.1. The van der Waals surface area contributed by atoms with Gasteiger partial charge in [0.2, 0.25) is 11.8 Å². The van der Waals surface area contributed by atoms with Crippen LogP contribution in [0.4, 0.5) is 16.2 Å². The Bertz CT molecular complexity index is 993. The molecule has 1 aliphatic heterocycles. The van der Waals surface area contributed by atoms with Crippen LogP contribution >= 0.6 is 0 Å². The van der Waals surface area contributed by atoms with Gasteiger partial charge in [-0.15, -0.1) is 0 Å². The van der Waals surface area contributed by atoms with Crippen molar-refractivity contribution < 1.29 is 9.50 Å². The van der Waals surface area contributed by atoms with Gasteiger partial charge in [-0.2, -0.15) is 4.98 Å². The van der Waals surface area contributed by atoms with Crippen molar-refractivity contribution in [1.29, 1.82) is 0 Å². The topological polar surface area (TPSA) is 86.2 Å². The molecule has 0 saturated carbocycles. The lowest BCUT2D eigenvalue weighted by Crippen LogP contribution is -2.01. The first-order chi connectivity index (χ1) is 12.2. The average molecular weight is 335 g/mol. The third-order valence-corrected chi connectivity index (χ3v) is 3.78. The summed E-state index contributed by atoms with van der Waals surface area (Å²) in [7, 11) is 0. The number of hydrogen-bond acceptors (Lipinski definition) is 5. The average Bonchev–Trinajstić information content (AvgIpc) is 3.18. The van der Waals surface area contributed by atoms with Crippen molar-refractivity contribution in [1.82, 2.24) is 15.0 Å². The standard InChI is InChI=1S/C18H14FN5O/c19-13-4-1-3-11(7-13)9-22-18-23-15(17(25)24-18)8-12-10-21-16-14(12)5-2-6-20-16/h1-8,10,25H,9H2,(H2,22,23,24)/b12-8+. The zero-order chi connectivity index (χ0) is 17.2. The van der Waals surface area contributed by atoms with E-state index >= 15 is 0 Å². The Morgan fingerprint density at radius 2 is 2.16 bits per heavy atom. The van der Waals surface area contributed by atoms with Gasteiger partial charge < -0.3 is 15.4 Å². The van der Waals surface area contributed by atoms with E-state index in [9.17, 15) is 9.50 Å². The van der Waals surface area contributed by atoms with Crippen LogP contribution in [0.1, 0.15) is 16.8 Å². The lowest BCUT2D eigenvalue weighted by Gasteiger charge is -2.02. The molecular weight excluding hydrogens is 321 g/mol. The fraction of sp³-hybridized carbons (Fsp3) is 0.0556. The third kappa shape index (κ3) is 3.12. The Hall–Kier alpha value is -3.48. The molecule has 124 valence electrons. The molecule has 0 amide bonds. The number of pyridine rings is 1. The molecule has 0 unspecified atom stereocenters. The van der Waals surface area contributed by atoms with Gasteiger partial charge in [-0.05, 0) is 35.9 Å². The number of rotatable bonds is 4. The maximum absolute atomic E-state index is 13.2. The highest BCUT2D eigenvalue weighted by atomic mass is 19.1. The number of halogens is 1. The first-order valence-electron chi connectivity index (χ1n) is 7.67. The zero-order valence-electron chi connectivity index (χ0n) is 13.1. The number of hydrogen-bond donors (Lipinski definition) is 3. The highest BCUT2D eigenvalue weighted by Crippen LogP contribution is 2.31. The van der Waals surface area contributed by atoms with Crippen LogP contribution < -0.4 is 5.32 Å². The number of allylic oxidation sites excluding steroid dienone is 1. The number of anilines is 1. The van der Waals surface area contributed by atoms with E-state index in [-0.39, 0.29) is 11.7 Å². The van der Waals surface area contributed by atoms with Gasteiger partial charge in [-0.25, -0.2) is 14.4 Å². The van der Waals surface area contributed by atoms with Crippen molar-refractivity contribution >= 4 is 29.6 Å². The quantitative estimate of drug-likeness (QED) is 0.681. The number of benzene rings is 1. The summed E-state index contributed by atoms with van der Waals surface area (Å²) in [5.41, 5.74) is 2.96. The first-order valence-corrected chi connectivity index (χ1v) is 7.67. The van der Waals surface area contributed by atoms with E-state index in [0.29, 0.717) is 24.0 Å². The molecule has 3 heterocycles. The normalized spacial score (nSPS) is 14.0. The van der Waals surface area contributed by atoms with Crippen LogP contribution in [-0.2, 0) is 6.54 Å². The molecule has 1 aromatic carbocycles. The Kier molecular flexibility index (Phi) is 3.74. The Morgan fingerprint density at radius 1 is 1.24 bits per heavy atom. The highest BCUT2D eigenvalue weighted by Gasteiger charge is 2.14. The number of aliphatic imine (C=N–C) groups is 1. The number of aromatic amines is 1. The summed E-state index contributed by atoms with van der Waals surface area (Å²) in [6.45, 7) is 0.384. The molecule has 3 N–H and O–H groups in total. The molecule has 0 aliphatic carbocycles. The van der Waals surface area contributed by atoms with E-state index in [1.165, 1.54) is 12.1 Å². The smallest absolute Gasteiger partial charge is 0.238 e. The summed E-state index contributed by atoms with van der Waals surface area (Å²) in [4.78, 5) is 15.4. The van der Waals surface area contributed by atoms with Crippen LogP contribution in [0.2, 0.25) is 0 Å². The summed E-state index contributed by atoms with van der Waals surface area (Å²) in [6.07, 6.45) is 5.13. The van der Waals surface area contributed by atoms with E-state index in [0.717, 1.165) is 16.7 Å². The summed E-state index contributed by atoms with van der Waals surface area (Å²) in [6, 6.07) is 10.0. The van der Waals surface area contributed by atoms with Gasteiger partial charge in [0.25, 0.3) is 0 Å². The number of nitrogens with zero attached hydrogens (tertiary/aromatic N) is 3. The molecule has 0 spiro atoms. The van der Waals surface area contributed by atoms with Crippen LogP contribution in [0.3, 0.4) is 0 Å².